The van der Waals surface area contributed by atoms with Gasteiger partial charge in [-0.15, -0.1) is 0 Å². The van der Waals surface area contributed by atoms with Gasteiger partial charge >= 0.3 is 0 Å². The van der Waals surface area contributed by atoms with E-state index in [0.717, 1.165) is 0 Å². The number of anilines is 1. The van der Waals surface area contributed by atoms with Crippen LogP contribution in [-0.2, 0) is 14.9 Å². The van der Waals surface area contributed by atoms with Gasteiger partial charge in [0.15, 0.2) is 0 Å². The third-order valence-corrected chi connectivity index (χ3v) is 4.64. The maximum Gasteiger partial charge on any atom is 0.262 e. The molecule has 0 aliphatic heterocycles. The summed E-state index contributed by atoms with van der Waals surface area (Å²) in [5, 5.41) is 5.36. The predicted octanol–water partition coefficient (Wildman–Crippen LogP) is 1.53. The zero-order valence-electron chi connectivity index (χ0n) is 14.3. The first-order valence-electron chi connectivity index (χ1n) is 7.72. The van der Waals surface area contributed by atoms with E-state index in [4.69, 9.17) is 0 Å². The Balaban J connectivity index is 2.07. The first-order valence-corrected chi connectivity index (χ1v) is 9.20. The zero-order chi connectivity index (χ0) is 19.2. The molecule has 0 aliphatic rings. The molecule has 0 aliphatic carbocycles. The van der Waals surface area contributed by atoms with E-state index in [0.29, 0.717) is 17.8 Å². The van der Waals surface area contributed by atoms with E-state index in [2.05, 4.69) is 15.5 Å². The summed E-state index contributed by atoms with van der Waals surface area (Å²) >= 11 is 0. The highest BCUT2D eigenvalue weighted by molar-refractivity contribution is 7.89. The lowest BCUT2D eigenvalue weighted by Gasteiger charge is -2.08. The fraction of sp³-hybridized carbons (Fsp3) is 0.176. The lowest BCUT2D eigenvalue weighted by atomic mass is 10.1. The number of carbonyl (C=O) groups excluding carboxylic acids is 2. The third kappa shape index (κ3) is 4.88. The molecule has 9 heteroatoms. The molecular weight excluding hydrogens is 358 g/mol. The number of carbonyl (C=O) groups is 2. The molecule has 26 heavy (non-hydrogen) atoms. The summed E-state index contributed by atoms with van der Waals surface area (Å²) in [5.41, 5.74) is 1.29. The Bertz CT molecular complexity index is 878. The molecule has 0 saturated heterocycles. The van der Waals surface area contributed by atoms with Gasteiger partial charge in [0, 0.05) is 23.4 Å². The SMILES string of the molecule is CCNC(=O)c1ccc(NC(=O)c2ccc(S(=O)(=O)NOC)cc2)cc1. The zero-order valence-corrected chi connectivity index (χ0v) is 15.1. The van der Waals surface area contributed by atoms with Gasteiger partial charge in [0.25, 0.3) is 21.8 Å². The van der Waals surface area contributed by atoms with Crippen molar-refractivity contribution in [2.45, 2.75) is 11.8 Å². The quantitative estimate of drug-likeness (QED) is 0.633. The molecular formula is C17H19N3O5S. The topological polar surface area (TPSA) is 114 Å². The van der Waals surface area contributed by atoms with E-state index >= 15 is 0 Å². The van der Waals surface area contributed by atoms with E-state index in [1.54, 1.807) is 24.3 Å². The molecule has 0 unspecified atom stereocenters. The second kappa shape index (κ2) is 8.56. The molecule has 2 amide bonds. The highest BCUT2D eigenvalue weighted by Crippen LogP contribution is 2.14. The summed E-state index contributed by atoms with van der Waals surface area (Å²) in [4.78, 5) is 30.2. The van der Waals surface area contributed by atoms with E-state index < -0.39 is 15.9 Å². The van der Waals surface area contributed by atoms with Gasteiger partial charge in [-0.3, -0.25) is 14.4 Å². The Kier molecular flexibility index (Phi) is 6.45. The van der Waals surface area contributed by atoms with Gasteiger partial charge in [0.05, 0.1) is 12.0 Å². The van der Waals surface area contributed by atoms with Crippen LogP contribution in [0.25, 0.3) is 0 Å². The highest BCUT2D eigenvalue weighted by atomic mass is 32.2. The Morgan fingerprint density at radius 3 is 2.00 bits per heavy atom. The van der Waals surface area contributed by atoms with Crippen molar-refractivity contribution in [1.82, 2.24) is 10.2 Å². The summed E-state index contributed by atoms with van der Waals surface area (Å²) in [6, 6.07) is 11.8. The van der Waals surface area contributed by atoms with Gasteiger partial charge in [-0.1, -0.05) is 4.89 Å². The second-order valence-electron chi connectivity index (χ2n) is 5.21. The van der Waals surface area contributed by atoms with Crippen LogP contribution in [0.15, 0.2) is 53.4 Å². The molecule has 138 valence electrons. The number of nitrogens with one attached hydrogen (secondary N) is 3. The van der Waals surface area contributed by atoms with Gasteiger partial charge in [-0.2, -0.15) is 0 Å². The van der Waals surface area contributed by atoms with Crippen LogP contribution < -0.4 is 15.5 Å². The molecule has 0 aromatic heterocycles. The average Bonchev–Trinajstić information content (AvgIpc) is 2.62. The number of benzene rings is 2. The molecule has 0 spiro atoms. The van der Waals surface area contributed by atoms with Crippen molar-refractivity contribution in [1.29, 1.82) is 0 Å². The predicted molar refractivity (Wildman–Crippen MR) is 96.2 cm³/mol. The fourth-order valence-electron chi connectivity index (χ4n) is 2.11. The van der Waals surface area contributed by atoms with Crippen molar-refractivity contribution < 1.29 is 22.8 Å². The molecule has 0 saturated carbocycles. The van der Waals surface area contributed by atoms with Crippen LogP contribution in [0.1, 0.15) is 27.6 Å². The van der Waals surface area contributed by atoms with E-state index in [-0.39, 0.29) is 16.4 Å². The standard InChI is InChI=1S/C17H19N3O5S/c1-3-18-16(21)12-4-8-14(9-5-12)19-17(22)13-6-10-15(11-7-13)26(23,24)20-25-2/h4-11,20H,3H2,1-2H3,(H,18,21)(H,19,22). The maximum absolute atomic E-state index is 12.2. The number of hydrogen-bond donors (Lipinski definition) is 3. The minimum atomic E-state index is -3.77. The summed E-state index contributed by atoms with van der Waals surface area (Å²) in [5.74, 6) is -0.591. The lowest BCUT2D eigenvalue weighted by Crippen LogP contribution is -2.22. The molecule has 8 nitrogen and oxygen atoms in total. The Morgan fingerprint density at radius 1 is 0.923 bits per heavy atom. The summed E-state index contributed by atoms with van der Waals surface area (Å²) in [6.07, 6.45) is 0. The van der Waals surface area contributed by atoms with Crippen molar-refractivity contribution in [2.75, 3.05) is 19.0 Å². The minimum Gasteiger partial charge on any atom is -0.352 e. The summed E-state index contributed by atoms with van der Waals surface area (Å²) < 4.78 is 23.5. The van der Waals surface area contributed by atoms with Crippen LogP contribution >= 0.6 is 0 Å². The van der Waals surface area contributed by atoms with Crippen LogP contribution in [0, 0.1) is 0 Å². The van der Waals surface area contributed by atoms with Crippen molar-refractivity contribution in [2.24, 2.45) is 0 Å². The average molecular weight is 377 g/mol. The Hall–Kier alpha value is -2.75. The van der Waals surface area contributed by atoms with Crippen LogP contribution in [0.3, 0.4) is 0 Å². The van der Waals surface area contributed by atoms with Crippen LogP contribution in [-0.4, -0.2) is 33.9 Å². The Morgan fingerprint density at radius 2 is 1.46 bits per heavy atom. The molecule has 3 N–H and O–H groups in total. The van der Waals surface area contributed by atoms with E-state index in [9.17, 15) is 18.0 Å². The maximum atomic E-state index is 12.2. The minimum absolute atomic E-state index is 0.0258. The molecule has 2 aromatic carbocycles. The number of sulfonamides is 1. The number of hydrogen-bond acceptors (Lipinski definition) is 5. The lowest BCUT2D eigenvalue weighted by molar-refractivity contribution is 0.0955. The van der Waals surface area contributed by atoms with E-state index in [1.807, 2.05) is 11.8 Å². The van der Waals surface area contributed by atoms with Crippen molar-refractivity contribution in [3.63, 3.8) is 0 Å². The smallest absolute Gasteiger partial charge is 0.262 e. The van der Waals surface area contributed by atoms with Crippen molar-refractivity contribution >= 4 is 27.5 Å². The second-order valence-corrected chi connectivity index (χ2v) is 6.85. The largest absolute Gasteiger partial charge is 0.352 e. The van der Waals surface area contributed by atoms with Crippen LogP contribution in [0.5, 0.6) is 0 Å². The molecule has 0 radical (unpaired) electrons. The van der Waals surface area contributed by atoms with Crippen LogP contribution in [0.2, 0.25) is 0 Å². The molecule has 0 bridgehead atoms. The first-order chi connectivity index (χ1) is 12.4. The van der Waals surface area contributed by atoms with Crippen molar-refractivity contribution in [3.05, 3.63) is 59.7 Å². The normalized spacial score (nSPS) is 11.0. The van der Waals surface area contributed by atoms with Crippen LogP contribution in [0.4, 0.5) is 5.69 Å². The van der Waals surface area contributed by atoms with E-state index in [1.165, 1.54) is 31.4 Å². The molecule has 2 rings (SSSR count). The monoisotopic (exact) mass is 377 g/mol. The molecule has 2 aromatic rings. The summed E-state index contributed by atoms with van der Waals surface area (Å²) in [6.45, 7) is 2.36. The van der Waals surface area contributed by atoms with Gasteiger partial charge < -0.3 is 10.6 Å². The Labute approximate surface area is 151 Å². The molecule has 0 atom stereocenters. The van der Waals surface area contributed by atoms with Gasteiger partial charge in [-0.05, 0) is 55.5 Å². The van der Waals surface area contributed by atoms with Gasteiger partial charge in [0.1, 0.15) is 0 Å². The number of amides is 2. The molecule has 0 fully saturated rings. The number of rotatable bonds is 7. The molecule has 0 heterocycles. The summed E-state index contributed by atoms with van der Waals surface area (Å²) in [7, 11) is -2.58. The van der Waals surface area contributed by atoms with Crippen molar-refractivity contribution in [3.8, 4) is 0 Å². The first kappa shape index (κ1) is 19.6. The fourth-order valence-corrected chi connectivity index (χ4v) is 2.92. The third-order valence-electron chi connectivity index (χ3n) is 3.36. The van der Waals surface area contributed by atoms with Gasteiger partial charge in [0.2, 0.25) is 0 Å². The highest BCUT2D eigenvalue weighted by Gasteiger charge is 2.14. The van der Waals surface area contributed by atoms with Gasteiger partial charge in [-0.25, -0.2) is 8.42 Å².